The summed E-state index contributed by atoms with van der Waals surface area (Å²) in [6, 6.07) is 0. The van der Waals surface area contributed by atoms with Crippen LogP contribution in [0.4, 0.5) is 0 Å². The van der Waals surface area contributed by atoms with E-state index >= 15 is 0 Å². The molecule has 0 aromatic rings. The lowest BCUT2D eigenvalue weighted by atomic mass is 9.70. The van der Waals surface area contributed by atoms with E-state index in [4.69, 9.17) is 5.11 Å². The second-order valence-corrected chi connectivity index (χ2v) is 5.13. The molecule has 1 atom stereocenters. The van der Waals surface area contributed by atoms with Crippen LogP contribution in [0.3, 0.4) is 0 Å². The molecule has 0 bridgehead atoms. The number of hydrogen-bond donors (Lipinski definition) is 1. The van der Waals surface area contributed by atoms with E-state index in [-0.39, 0.29) is 5.92 Å². The van der Waals surface area contributed by atoms with Gasteiger partial charge in [0.2, 0.25) is 0 Å². The minimum absolute atomic E-state index is 0.156. The van der Waals surface area contributed by atoms with Crippen LogP contribution in [0, 0.1) is 17.3 Å². The van der Waals surface area contributed by atoms with Gasteiger partial charge in [0.05, 0.1) is 5.92 Å². The molecule has 0 aliphatic heterocycles. The summed E-state index contributed by atoms with van der Waals surface area (Å²) in [6.45, 7) is 6.38. The number of rotatable bonds is 2. The van der Waals surface area contributed by atoms with Crippen molar-refractivity contribution >= 4 is 5.97 Å². The van der Waals surface area contributed by atoms with Crippen molar-refractivity contribution in [2.24, 2.45) is 17.3 Å². The molecule has 0 heterocycles. The quantitative estimate of drug-likeness (QED) is 0.716. The Balaban J connectivity index is 2.45. The van der Waals surface area contributed by atoms with Crippen LogP contribution in [-0.2, 0) is 4.79 Å². The second-order valence-electron chi connectivity index (χ2n) is 5.13. The van der Waals surface area contributed by atoms with Gasteiger partial charge < -0.3 is 5.11 Å². The van der Waals surface area contributed by atoms with Crippen molar-refractivity contribution in [2.75, 3.05) is 0 Å². The van der Waals surface area contributed by atoms with Gasteiger partial charge in [0.15, 0.2) is 0 Å². The molecule has 1 fully saturated rings. The molecule has 1 N–H and O–H groups in total. The first kappa shape index (κ1) is 10.6. The fourth-order valence-corrected chi connectivity index (χ4v) is 2.12. The van der Waals surface area contributed by atoms with E-state index in [2.05, 4.69) is 13.8 Å². The van der Waals surface area contributed by atoms with E-state index in [1.54, 1.807) is 0 Å². The van der Waals surface area contributed by atoms with Gasteiger partial charge in [-0.05, 0) is 37.0 Å². The first-order valence-electron chi connectivity index (χ1n) is 5.15. The highest BCUT2D eigenvalue weighted by Crippen LogP contribution is 2.40. The summed E-state index contributed by atoms with van der Waals surface area (Å²) < 4.78 is 0. The molecular formula is C11H20O2. The first-order chi connectivity index (χ1) is 5.92. The summed E-state index contributed by atoms with van der Waals surface area (Å²) in [5.41, 5.74) is 0.439. The smallest absolute Gasteiger partial charge is 0.306 e. The standard InChI is InChI=1S/C11H20O2/c1-8(10(12)13)9-4-6-11(2,3)7-5-9/h8-9H,4-7H2,1-3H3,(H,12,13)/t8-/m1/s1. The molecule has 0 aromatic heterocycles. The van der Waals surface area contributed by atoms with Crippen LogP contribution < -0.4 is 0 Å². The number of carboxylic acid groups (broad SMARTS) is 1. The van der Waals surface area contributed by atoms with E-state index in [0.29, 0.717) is 11.3 Å². The zero-order valence-electron chi connectivity index (χ0n) is 8.84. The predicted octanol–water partition coefficient (Wildman–Crippen LogP) is 2.92. The molecule has 0 spiro atoms. The molecular weight excluding hydrogens is 164 g/mol. The average Bonchev–Trinajstić information content (AvgIpc) is 2.03. The van der Waals surface area contributed by atoms with E-state index < -0.39 is 5.97 Å². The summed E-state index contributed by atoms with van der Waals surface area (Å²) in [6.07, 6.45) is 4.52. The fraction of sp³-hybridized carbons (Fsp3) is 0.909. The zero-order chi connectivity index (χ0) is 10.1. The highest BCUT2D eigenvalue weighted by Gasteiger charge is 2.31. The van der Waals surface area contributed by atoms with Crippen molar-refractivity contribution in [3.63, 3.8) is 0 Å². The Morgan fingerprint density at radius 3 is 2.23 bits per heavy atom. The van der Waals surface area contributed by atoms with E-state index in [9.17, 15) is 4.79 Å². The normalized spacial score (nSPS) is 25.5. The lowest BCUT2D eigenvalue weighted by Crippen LogP contribution is -2.28. The van der Waals surface area contributed by atoms with Gasteiger partial charge in [-0.25, -0.2) is 0 Å². The Morgan fingerprint density at radius 2 is 1.85 bits per heavy atom. The van der Waals surface area contributed by atoms with Crippen LogP contribution >= 0.6 is 0 Å². The molecule has 0 saturated heterocycles. The van der Waals surface area contributed by atoms with Gasteiger partial charge in [-0.1, -0.05) is 20.8 Å². The zero-order valence-corrected chi connectivity index (χ0v) is 8.84. The van der Waals surface area contributed by atoms with Crippen LogP contribution in [-0.4, -0.2) is 11.1 Å². The summed E-state index contributed by atoms with van der Waals surface area (Å²) in [5, 5.41) is 8.86. The number of aliphatic carboxylic acids is 1. The van der Waals surface area contributed by atoms with Crippen molar-refractivity contribution in [3.05, 3.63) is 0 Å². The summed E-state index contributed by atoms with van der Waals surface area (Å²) in [7, 11) is 0. The van der Waals surface area contributed by atoms with Crippen molar-refractivity contribution in [2.45, 2.75) is 46.5 Å². The third kappa shape index (κ3) is 2.71. The summed E-state index contributed by atoms with van der Waals surface area (Å²) >= 11 is 0. The van der Waals surface area contributed by atoms with E-state index in [1.807, 2.05) is 6.92 Å². The van der Waals surface area contributed by atoms with Gasteiger partial charge in [-0.3, -0.25) is 4.79 Å². The minimum atomic E-state index is -0.635. The Morgan fingerprint density at radius 1 is 1.38 bits per heavy atom. The Labute approximate surface area is 80.3 Å². The van der Waals surface area contributed by atoms with Crippen LogP contribution in [0.15, 0.2) is 0 Å². The molecule has 1 saturated carbocycles. The fourth-order valence-electron chi connectivity index (χ4n) is 2.12. The third-order valence-electron chi connectivity index (χ3n) is 3.48. The van der Waals surface area contributed by atoms with Crippen LogP contribution in [0.25, 0.3) is 0 Å². The molecule has 13 heavy (non-hydrogen) atoms. The molecule has 0 radical (unpaired) electrons. The molecule has 0 aromatic carbocycles. The van der Waals surface area contributed by atoms with E-state index in [1.165, 1.54) is 12.8 Å². The third-order valence-corrected chi connectivity index (χ3v) is 3.48. The van der Waals surface area contributed by atoms with Gasteiger partial charge in [0, 0.05) is 0 Å². The molecule has 2 nitrogen and oxygen atoms in total. The highest BCUT2D eigenvalue weighted by atomic mass is 16.4. The molecule has 1 aliphatic rings. The molecule has 1 rings (SSSR count). The maximum atomic E-state index is 10.8. The Hall–Kier alpha value is -0.530. The van der Waals surface area contributed by atoms with Crippen LogP contribution in [0.5, 0.6) is 0 Å². The van der Waals surface area contributed by atoms with Gasteiger partial charge in [-0.15, -0.1) is 0 Å². The van der Waals surface area contributed by atoms with Crippen molar-refractivity contribution in [3.8, 4) is 0 Å². The maximum absolute atomic E-state index is 10.8. The second kappa shape index (κ2) is 3.69. The van der Waals surface area contributed by atoms with Crippen molar-refractivity contribution in [1.82, 2.24) is 0 Å². The summed E-state index contributed by atoms with van der Waals surface area (Å²) in [5.74, 6) is -0.383. The molecule has 0 unspecified atom stereocenters. The van der Waals surface area contributed by atoms with Gasteiger partial charge in [0.1, 0.15) is 0 Å². The lowest BCUT2D eigenvalue weighted by molar-refractivity contribution is -0.143. The van der Waals surface area contributed by atoms with Gasteiger partial charge in [-0.2, -0.15) is 0 Å². The predicted molar refractivity (Wildman–Crippen MR) is 52.5 cm³/mol. The Kier molecular flexibility index (Phi) is 2.99. The van der Waals surface area contributed by atoms with Crippen molar-refractivity contribution < 1.29 is 9.90 Å². The minimum Gasteiger partial charge on any atom is -0.481 e. The van der Waals surface area contributed by atoms with E-state index in [0.717, 1.165) is 12.8 Å². The molecule has 2 heteroatoms. The largest absolute Gasteiger partial charge is 0.481 e. The van der Waals surface area contributed by atoms with Gasteiger partial charge in [0.25, 0.3) is 0 Å². The topological polar surface area (TPSA) is 37.3 Å². The molecule has 1 aliphatic carbocycles. The van der Waals surface area contributed by atoms with Crippen molar-refractivity contribution in [1.29, 1.82) is 0 Å². The summed E-state index contributed by atoms with van der Waals surface area (Å²) in [4.78, 5) is 10.8. The van der Waals surface area contributed by atoms with Crippen LogP contribution in [0.2, 0.25) is 0 Å². The van der Waals surface area contributed by atoms with Crippen LogP contribution in [0.1, 0.15) is 46.5 Å². The number of carboxylic acids is 1. The lowest BCUT2D eigenvalue weighted by Gasteiger charge is -2.35. The molecule has 0 amide bonds. The SMILES string of the molecule is C[C@@H](C(=O)O)C1CCC(C)(C)CC1. The molecule has 76 valence electrons. The highest BCUT2D eigenvalue weighted by molar-refractivity contribution is 5.69. The maximum Gasteiger partial charge on any atom is 0.306 e. The van der Waals surface area contributed by atoms with Gasteiger partial charge >= 0.3 is 5.97 Å². The average molecular weight is 184 g/mol. The Bertz CT molecular complexity index is 186. The monoisotopic (exact) mass is 184 g/mol. The first-order valence-corrected chi connectivity index (χ1v) is 5.15. The number of hydrogen-bond acceptors (Lipinski definition) is 1. The number of carbonyl (C=O) groups is 1.